The first kappa shape index (κ1) is 25.7. The van der Waals surface area contributed by atoms with E-state index in [1.165, 1.54) is 0 Å². The predicted molar refractivity (Wildman–Crippen MR) is 122 cm³/mol. The van der Waals surface area contributed by atoms with Crippen molar-refractivity contribution in [1.29, 1.82) is 0 Å². The average Bonchev–Trinajstić information content (AvgIpc) is 2.37. The summed E-state index contributed by atoms with van der Waals surface area (Å²) in [5.74, 6) is -0.308. The molecule has 0 aromatic carbocycles. The topological polar surface area (TPSA) is 44.8 Å². The number of carbonyl (C=O) groups excluding carboxylic acids is 1. The molecule has 0 aliphatic heterocycles. The highest BCUT2D eigenvalue weighted by Gasteiger charge is 2.33. The van der Waals surface area contributed by atoms with Crippen LogP contribution in [0.2, 0.25) is 65.0 Å². The van der Waals surface area contributed by atoms with Crippen LogP contribution in [0.3, 0.4) is 0 Å². The van der Waals surface area contributed by atoms with Crippen molar-refractivity contribution in [2.24, 2.45) is 0 Å². The smallest absolute Gasteiger partial charge is 0.333 e. The molecule has 0 unspecified atom stereocenters. The lowest BCUT2D eigenvalue weighted by molar-refractivity contribution is -0.138. The SMILES string of the molecule is C=C(C)C(=O)OCCC[Si](C)(C)O[Si](C)(C)C=C[Si](C)(C)O[Si](C)(C)C. The summed E-state index contributed by atoms with van der Waals surface area (Å²) in [4.78, 5) is 11.4. The van der Waals surface area contributed by atoms with E-state index in [4.69, 9.17) is 13.0 Å². The molecule has 26 heavy (non-hydrogen) atoms. The van der Waals surface area contributed by atoms with Crippen LogP contribution >= 0.6 is 0 Å². The van der Waals surface area contributed by atoms with Gasteiger partial charge in [0.15, 0.2) is 33.3 Å². The van der Waals surface area contributed by atoms with E-state index >= 15 is 0 Å². The molecular weight excluding hydrogens is 393 g/mol. The summed E-state index contributed by atoms with van der Waals surface area (Å²) in [6.07, 6.45) is 0.839. The minimum absolute atomic E-state index is 0.308. The molecule has 0 saturated heterocycles. The maximum absolute atomic E-state index is 11.4. The number of esters is 1. The number of hydrogen-bond acceptors (Lipinski definition) is 4. The van der Waals surface area contributed by atoms with Crippen LogP contribution in [0.1, 0.15) is 13.3 Å². The summed E-state index contributed by atoms with van der Waals surface area (Å²) in [6, 6.07) is 0.979. The summed E-state index contributed by atoms with van der Waals surface area (Å²) in [5, 5.41) is 0. The molecule has 0 N–H and O–H groups in total. The van der Waals surface area contributed by atoms with Crippen molar-refractivity contribution < 1.29 is 17.8 Å². The highest BCUT2D eigenvalue weighted by atomic mass is 28.4. The normalized spacial score (nSPS) is 13.9. The fourth-order valence-corrected chi connectivity index (χ4v) is 20.0. The van der Waals surface area contributed by atoms with Gasteiger partial charge in [0.1, 0.15) is 0 Å². The van der Waals surface area contributed by atoms with Crippen molar-refractivity contribution in [3.8, 4) is 0 Å². The molecule has 0 saturated carbocycles. The highest BCUT2D eigenvalue weighted by Crippen LogP contribution is 2.23. The number of carbonyl (C=O) groups is 1. The Morgan fingerprint density at radius 2 is 1.35 bits per heavy atom. The molecule has 0 aliphatic rings. The molecule has 0 spiro atoms. The van der Waals surface area contributed by atoms with Crippen LogP contribution in [0, 0.1) is 0 Å². The van der Waals surface area contributed by atoms with E-state index in [1.807, 2.05) is 0 Å². The van der Waals surface area contributed by atoms with E-state index in [0.717, 1.165) is 12.5 Å². The van der Waals surface area contributed by atoms with Gasteiger partial charge in [-0.1, -0.05) is 18.0 Å². The minimum Gasteiger partial charge on any atom is -0.462 e. The lowest BCUT2D eigenvalue weighted by atomic mass is 10.4. The molecule has 0 radical (unpaired) electrons. The van der Waals surface area contributed by atoms with Gasteiger partial charge >= 0.3 is 5.97 Å². The Balaban J connectivity index is 4.63. The van der Waals surface area contributed by atoms with Gasteiger partial charge in [-0.2, -0.15) is 0 Å². The molecule has 0 bridgehead atoms. The van der Waals surface area contributed by atoms with Crippen molar-refractivity contribution in [3.63, 3.8) is 0 Å². The average molecular weight is 433 g/mol. The fourth-order valence-electron chi connectivity index (χ4n) is 2.81. The predicted octanol–water partition coefficient (Wildman–Crippen LogP) is 5.61. The molecule has 0 amide bonds. The van der Waals surface area contributed by atoms with Gasteiger partial charge in [0.2, 0.25) is 0 Å². The van der Waals surface area contributed by atoms with Crippen molar-refractivity contribution in [3.05, 3.63) is 23.6 Å². The third-order valence-corrected chi connectivity index (χ3v) is 16.2. The molecular formula is C18H40O4Si4. The van der Waals surface area contributed by atoms with Crippen LogP contribution in [0.25, 0.3) is 0 Å². The van der Waals surface area contributed by atoms with E-state index in [1.54, 1.807) is 6.92 Å². The molecule has 0 aliphatic carbocycles. The Kier molecular flexibility index (Phi) is 9.69. The zero-order valence-corrected chi connectivity index (χ0v) is 22.6. The quantitative estimate of drug-likeness (QED) is 0.184. The Labute approximate surface area is 165 Å². The lowest BCUT2D eigenvalue weighted by Gasteiger charge is -2.34. The second-order valence-electron chi connectivity index (χ2n) is 9.64. The molecule has 0 heterocycles. The second kappa shape index (κ2) is 9.79. The molecule has 0 rings (SSSR count). The van der Waals surface area contributed by atoms with Crippen LogP contribution in [-0.2, 0) is 17.8 Å². The van der Waals surface area contributed by atoms with Gasteiger partial charge in [-0.15, -0.1) is 0 Å². The Morgan fingerprint density at radius 1 is 0.885 bits per heavy atom. The molecule has 0 aromatic rings. The van der Waals surface area contributed by atoms with E-state index in [2.05, 4.69) is 76.9 Å². The summed E-state index contributed by atoms with van der Waals surface area (Å²) in [5.41, 5.74) is 5.08. The first-order valence-electron chi connectivity index (χ1n) is 9.38. The maximum Gasteiger partial charge on any atom is 0.333 e. The number of ether oxygens (including phenoxy) is 1. The third kappa shape index (κ3) is 13.0. The van der Waals surface area contributed by atoms with Gasteiger partial charge in [0.05, 0.1) is 6.61 Å². The van der Waals surface area contributed by atoms with E-state index in [0.29, 0.717) is 12.2 Å². The molecule has 4 nitrogen and oxygen atoms in total. The van der Waals surface area contributed by atoms with Crippen molar-refractivity contribution >= 4 is 39.2 Å². The van der Waals surface area contributed by atoms with Gasteiger partial charge in [-0.3, -0.25) is 0 Å². The van der Waals surface area contributed by atoms with Gasteiger partial charge in [0.25, 0.3) is 0 Å². The van der Waals surface area contributed by atoms with Crippen molar-refractivity contribution in [1.82, 2.24) is 0 Å². The molecule has 0 aromatic heterocycles. The maximum atomic E-state index is 11.4. The first-order chi connectivity index (χ1) is 11.4. The summed E-state index contributed by atoms with van der Waals surface area (Å²) < 4.78 is 18.2. The van der Waals surface area contributed by atoms with Crippen LogP contribution < -0.4 is 0 Å². The number of rotatable bonds is 11. The van der Waals surface area contributed by atoms with Crippen LogP contribution in [0.5, 0.6) is 0 Å². The molecule has 0 atom stereocenters. The van der Waals surface area contributed by atoms with Crippen LogP contribution in [0.15, 0.2) is 23.6 Å². The highest BCUT2D eigenvalue weighted by molar-refractivity contribution is 6.90. The fraction of sp³-hybridized carbons (Fsp3) is 0.722. The van der Waals surface area contributed by atoms with Crippen molar-refractivity contribution in [2.75, 3.05) is 6.61 Å². The largest absolute Gasteiger partial charge is 0.462 e. The summed E-state index contributed by atoms with van der Waals surface area (Å²) in [6.45, 7) is 25.9. The Bertz CT molecular complexity index is 520. The summed E-state index contributed by atoms with van der Waals surface area (Å²) in [7, 11) is -7.02. The monoisotopic (exact) mass is 432 g/mol. The molecule has 8 heteroatoms. The number of hydrogen-bond donors (Lipinski definition) is 0. The summed E-state index contributed by atoms with van der Waals surface area (Å²) >= 11 is 0. The van der Waals surface area contributed by atoms with E-state index in [-0.39, 0.29) is 5.97 Å². The lowest BCUT2D eigenvalue weighted by Crippen LogP contribution is -2.45. The van der Waals surface area contributed by atoms with Gasteiger partial charge in [0, 0.05) is 5.57 Å². The minimum atomic E-state index is -1.89. The van der Waals surface area contributed by atoms with Gasteiger partial charge < -0.3 is 13.0 Å². The van der Waals surface area contributed by atoms with Crippen LogP contribution in [-0.4, -0.2) is 45.8 Å². The first-order valence-corrected chi connectivity index (χ1v) is 21.9. The zero-order valence-electron chi connectivity index (χ0n) is 18.6. The van der Waals surface area contributed by atoms with E-state index < -0.39 is 33.3 Å². The molecule has 0 fully saturated rings. The zero-order chi connectivity index (χ0) is 20.8. The van der Waals surface area contributed by atoms with Gasteiger partial charge in [-0.05, 0) is 78.3 Å². The van der Waals surface area contributed by atoms with Crippen LogP contribution in [0.4, 0.5) is 0 Å². The third-order valence-electron chi connectivity index (χ3n) is 3.50. The second-order valence-corrected chi connectivity index (χ2v) is 26.6. The van der Waals surface area contributed by atoms with Gasteiger partial charge in [-0.25, -0.2) is 4.79 Å². The molecule has 152 valence electrons. The Morgan fingerprint density at radius 3 is 1.77 bits per heavy atom. The Hall–Kier alpha value is -0.262. The standard InChI is InChI=1S/C18H40O4Si4/c1-17(2)18(19)20-13-12-14-24(6,7)22-26(10,11)16-15-25(8,9)21-23(3,4)5/h15-16H,1,12-14H2,2-11H3. The van der Waals surface area contributed by atoms with Crippen molar-refractivity contribution in [2.45, 2.75) is 78.3 Å². The van der Waals surface area contributed by atoms with E-state index in [9.17, 15) is 4.79 Å².